The maximum absolute atomic E-state index is 12.1. The number of carbonyl (C=O) groups is 2. The van der Waals surface area contributed by atoms with Crippen LogP contribution in [0.1, 0.15) is 45.7 Å². The van der Waals surface area contributed by atoms with Crippen molar-refractivity contribution in [3.8, 4) is 5.75 Å². The van der Waals surface area contributed by atoms with Gasteiger partial charge in [0.2, 0.25) is 0 Å². The smallest absolute Gasteiger partial charge is 0.349 e. The number of aryl methyl sites for hydroxylation is 1. The summed E-state index contributed by atoms with van der Waals surface area (Å²) < 4.78 is 4.84. The van der Waals surface area contributed by atoms with Gasteiger partial charge in [-0.1, -0.05) is 38.1 Å². The summed E-state index contributed by atoms with van der Waals surface area (Å²) in [4.78, 5) is 24.0. The van der Waals surface area contributed by atoms with E-state index >= 15 is 0 Å². The third-order valence-corrected chi connectivity index (χ3v) is 3.53. The van der Waals surface area contributed by atoms with Crippen molar-refractivity contribution >= 4 is 11.9 Å². The molecule has 0 radical (unpaired) electrons. The normalized spacial score (nSPS) is 10.3. The highest BCUT2D eigenvalue weighted by Gasteiger charge is 2.20. The number of carbonyl (C=O) groups excluding carboxylic acids is 2. The lowest BCUT2D eigenvalue weighted by Gasteiger charge is -2.12. The van der Waals surface area contributed by atoms with Gasteiger partial charge in [-0.15, -0.1) is 0 Å². The van der Waals surface area contributed by atoms with E-state index in [1.165, 1.54) is 6.07 Å². The summed E-state index contributed by atoms with van der Waals surface area (Å²) in [6.45, 7) is 3.88. The molecular weight excluding hydrogens is 280 g/mol. The monoisotopic (exact) mass is 298 g/mol. The van der Waals surface area contributed by atoms with Gasteiger partial charge < -0.3 is 9.84 Å². The summed E-state index contributed by atoms with van der Waals surface area (Å²) in [7, 11) is 0. The second-order valence-electron chi connectivity index (χ2n) is 4.85. The average Bonchev–Trinajstić information content (AvgIpc) is 2.54. The molecule has 0 bridgehead atoms. The maximum Gasteiger partial charge on any atom is 0.349 e. The van der Waals surface area contributed by atoms with Crippen LogP contribution in [0.25, 0.3) is 0 Å². The molecule has 4 heteroatoms. The van der Waals surface area contributed by atoms with Gasteiger partial charge in [0.1, 0.15) is 11.3 Å². The Morgan fingerprint density at radius 1 is 0.955 bits per heavy atom. The Morgan fingerprint density at radius 2 is 1.64 bits per heavy atom. The zero-order valence-electron chi connectivity index (χ0n) is 12.6. The topological polar surface area (TPSA) is 63.6 Å². The second kappa shape index (κ2) is 6.89. The fraction of sp³-hybridized carbons (Fsp3) is 0.222. The minimum absolute atomic E-state index is 0.0123. The van der Waals surface area contributed by atoms with E-state index in [2.05, 4.69) is 0 Å². The van der Waals surface area contributed by atoms with Crippen molar-refractivity contribution in [1.29, 1.82) is 0 Å². The van der Waals surface area contributed by atoms with Crippen molar-refractivity contribution in [2.75, 3.05) is 0 Å². The summed E-state index contributed by atoms with van der Waals surface area (Å²) in [6.07, 6.45) is 1.36. The molecular formula is C18H18O4. The quantitative estimate of drug-likeness (QED) is 0.693. The van der Waals surface area contributed by atoms with E-state index in [4.69, 9.17) is 4.74 Å². The summed E-state index contributed by atoms with van der Waals surface area (Å²) in [5, 5.41) is 10.2. The molecule has 1 N–H and O–H groups in total. The minimum Gasteiger partial charge on any atom is -0.507 e. The largest absolute Gasteiger partial charge is 0.507 e. The Morgan fingerprint density at radius 3 is 2.23 bits per heavy atom. The molecule has 2 rings (SSSR count). The molecule has 0 saturated carbocycles. The number of esters is 2. The third-order valence-electron chi connectivity index (χ3n) is 3.53. The predicted molar refractivity (Wildman–Crippen MR) is 83.1 cm³/mol. The second-order valence-corrected chi connectivity index (χ2v) is 4.85. The lowest BCUT2D eigenvalue weighted by molar-refractivity contribution is 0.0396. The predicted octanol–water partition coefficient (Wildman–Crippen LogP) is 3.51. The maximum atomic E-state index is 12.1. The Kier molecular flexibility index (Phi) is 4.94. The van der Waals surface area contributed by atoms with E-state index in [0.29, 0.717) is 12.0 Å². The molecule has 0 aliphatic heterocycles. The van der Waals surface area contributed by atoms with Crippen LogP contribution in [-0.2, 0) is 17.6 Å². The van der Waals surface area contributed by atoms with E-state index in [1.54, 1.807) is 36.4 Å². The van der Waals surface area contributed by atoms with Gasteiger partial charge in [0.05, 0.1) is 5.56 Å². The van der Waals surface area contributed by atoms with Crippen LogP contribution < -0.4 is 0 Å². The Labute approximate surface area is 129 Å². The Balaban J connectivity index is 2.25. The first kappa shape index (κ1) is 15.8. The van der Waals surface area contributed by atoms with E-state index in [-0.39, 0.29) is 16.9 Å². The van der Waals surface area contributed by atoms with Crippen LogP contribution in [0.3, 0.4) is 0 Å². The molecule has 2 aromatic carbocycles. The van der Waals surface area contributed by atoms with Gasteiger partial charge in [-0.25, -0.2) is 9.59 Å². The standard InChI is InChI=1S/C18H18O4/c1-3-12-10-11-15(16(19)14(12)4-2)18(21)22-17(20)13-8-6-5-7-9-13/h5-11,19H,3-4H2,1-2H3. The van der Waals surface area contributed by atoms with E-state index < -0.39 is 11.9 Å². The van der Waals surface area contributed by atoms with Crippen molar-refractivity contribution in [3.05, 3.63) is 64.7 Å². The van der Waals surface area contributed by atoms with E-state index in [0.717, 1.165) is 12.0 Å². The molecule has 4 nitrogen and oxygen atoms in total. The minimum atomic E-state index is -0.844. The number of rotatable bonds is 4. The molecule has 114 valence electrons. The van der Waals surface area contributed by atoms with Crippen LogP contribution in [0.15, 0.2) is 42.5 Å². The van der Waals surface area contributed by atoms with Gasteiger partial charge in [-0.2, -0.15) is 0 Å². The summed E-state index contributed by atoms with van der Waals surface area (Å²) >= 11 is 0. The van der Waals surface area contributed by atoms with Crippen LogP contribution in [0.4, 0.5) is 0 Å². The Bertz CT molecular complexity index is 690. The van der Waals surface area contributed by atoms with E-state index in [1.807, 2.05) is 13.8 Å². The zero-order valence-corrected chi connectivity index (χ0v) is 12.6. The van der Waals surface area contributed by atoms with Crippen molar-refractivity contribution in [2.24, 2.45) is 0 Å². The van der Waals surface area contributed by atoms with Crippen molar-refractivity contribution in [1.82, 2.24) is 0 Å². The molecule has 0 amide bonds. The molecule has 0 fully saturated rings. The van der Waals surface area contributed by atoms with Crippen LogP contribution in [0.5, 0.6) is 5.75 Å². The molecule has 2 aromatic rings. The van der Waals surface area contributed by atoms with Gasteiger partial charge in [0.15, 0.2) is 0 Å². The lowest BCUT2D eigenvalue weighted by Crippen LogP contribution is -2.13. The molecule has 0 aliphatic rings. The molecule has 0 saturated heterocycles. The van der Waals surface area contributed by atoms with Crippen LogP contribution in [-0.4, -0.2) is 17.0 Å². The van der Waals surface area contributed by atoms with Crippen LogP contribution >= 0.6 is 0 Å². The Hall–Kier alpha value is -2.62. The molecule has 0 aliphatic carbocycles. The summed E-state index contributed by atoms with van der Waals surface area (Å²) in [5.41, 5.74) is 1.99. The SMILES string of the molecule is CCc1ccc(C(=O)OC(=O)c2ccccc2)c(O)c1CC. The van der Waals surface area contributed by atoms with Gasteiger partial charge in [0, 0.05) is 0 Å². The zero-order chi connectivity index (χ0) is 16.1. The van der Waals surface area contributed by atoms with Crippen molar-refractivity contribution in [2.45, 2.75) is 26.7 Å². The number of ether oxygens (including phenoxy) is 1. The van der Waals surface area contributed by atoms with Crippen LogP contribution in [0, 0.1) is 0 Å². The number of hydrogen-bond donors (Lipinski definition) is 1. The van der Waals surface area contributed by atoms with Crippen molar-refractivity contribution in [3.63, 3.8) is 0 Å². The number of aromatic hydroxyl groups is 1. The highest BCUT2D eigenvalue weighted by molar-refractivity contribution is 6.04. The first-order valence-electron chi connectivity index (χ1n) is 7.23. The molecule has 22 heavy (non-hydrogen) atoms. The highest BCUT2D eigenvalue weighted by Crippen LogP contribution is 2.28. The van der Waals surface area contributed by atoms with Gasteiger partial charge >= 0.3 is 11.9 Å². The number of phenolic OH excluding ortho intramolecular Hbond substituents is 1. The first-order chi connectivity index (χ1) is 10.6. The average molecular weight is 298 g/mol. The molecule has 0 atom stereocenters. The number of phenols is 1. The van der Waals surface area contributed by atoms with Crippen molar-refractivity contribution < 1.29 is 19.4 Å². The fourth-order valence-electron chi connectivity index (χ4n) is 2.34. The van der Waals surface area contributed by atoms with Gasteiger partial charge in [-0.3, -0.25) is 0 Å². The first-order valence-corrected chi connectivity index (χ1v) is 7.23. The molecule has 0 unspecified atom stereocenters. The summed E-state index contributed by atoms with van der Waals surface area (Å²) in [6, 6.07) is 11.5. The highest BCUT2D eigenvalue weighted by atomic mass is 16.6. The molecule has 0 spiro atoms. The van der Waals surface area contributed by atoms with Gasteiger partial charge in [-0.05, 0) is 42.2 Å². The lowest BCUT2D eigenvalue weighted by atomic mass is 9.98. The third kappa shape index (κ3) is 3.17. The van der Waals surface area contributed by atoms with E-state index in [9.17, 15) is 14.7 Å². The molecule has 0 heterocycles. The van der Waals surface area contributed by atoms with Gasteiger partial charge in [0.25, 0.3) is 0 Å². The summed E-state index contributed by atoms with van der Waals surface area (Å²) in [5.74, 6) is -1.68. The number of benzene rings is 2. The number of hydrogen-bond acceptors (Lipinski definition) is 4. The molecule has 0 aromatic heterocycles. The van der Waals surface area contributed by atoms with Crippen LogP contribution in [0.2, 0.25) is 0 Å². The fourth-order valence-corrected chi connectivity index (χ4v) is 2.34.